The molecule has 2 fully saturated rings. The number of amides is 2. The van der Waals surface area contributed by atoms with Crippen molar-refractivity contribution >= 4 is 35.0 Å². The molecule has 2 amide bonds. The van der Waals surface area contributed by atoms with Crippen molar-refractivity contribution in [3.63, 3.8) is 0 Å². The normalized spacial score (nSPS) is 20.7. The summed E-state index contributed by atoms with van der Waals surface area (Å²) in [7, 11) is 0. The SMILES string of the molecule is O=C(NCCCN1CCOCC1)[C@H]1CCCN1C(=O)c1cc(Cl)ccc1Cl. The van der Waals surface area contributed by atoms with Crippen molar-refractivity contribution < 1.29 is 14.3 Å². The zero-order valence-electron chi connectivity index (χ0n) is 15.3. The van der Waals surface area contributed by atoms with Crippen LogP contribution in [0.1, 0.15) is 29.6 Å². The van der Waals surface area contributed by atoms with E-state index in [-0.39, 0.29) is 11.8 Å². The van der Waals surface area contributed by atoms with Gasteiger partial charge in [0.25, 0.3) is 5.91 Å². The maximum atomic E-state index is 12.9. The van der Waals surface area contributed by atoms with Crippen LogP contribution in [0.15, 0.2) is 18.2 Å². The zero-order chi connectivity index (χ0) is 19.2. The van der Waals surface area contributed by atoms with Crippen LogP contribution in [0.4, 0.5) is 0 Å². The summed E-state index contributed by atoms with van der Waals surface area (Å²) < 4.78 is 5.33. The average molecular weight is 414 g/mol. The van der Waals surface area contributed by atoms with Crippen LogP contribution in [0.5, 0.6) is 0 Å². The molecule has 148 valence electrons. The molecule has 0 unspecified atom stereocenters. The molecule has 1 atom stereocenters. The molecule has 2 aliphatic heterocycles. The molecule has 8 heteroatoms. The largest absolute Gasteiger partial charge is 0.379 e. The summed E-state index contributed by atoms with van der Waals surface area (Å²) in [5.41, 5.74) is 0.344. The third-order valence-corrected chi connectivity index (χ3v) is 5.59. The van der Waals surface area contributed by atoms with Crippen LogP contribution in [0.2, 0.25) is 10.0 Å². The first kappa shape index (κ1) is 20.4. The molecule has 2 saturated heterocycles. The Hall–Kier alpha value is -1.34. The number of halogens is 2. The molecule has 0 bridgehead atoms. The van der Waals surface area contributed by atoms with Gasteiger partial charge in [-0.3, -0.25) is 14.5 Å². The highest BCUT2D eigenvalue weighted by molar-refractivity contribution is 6.35. The van der Waals surface area contributed by atoms with E-state index in [4.69, 9.17) is 27.9 Å². The summed E-state index contributed by atoms with van der Waals surface area (Å²) in [6.07, 6.45) is 2.35. The van der Waals surface area contributed by atoms with Gasteiger partial charge in [0.2, 0.25) is 5.91 Å². The third-order valence-electron chi connectivity index (χ3n) is 5.03. The molecule has 1 aromatic rings. The molecule has 0 saturated carbocycles. The van der Waals surface area contributed by atoms with Crippen molar-refractivity contribution in [1.29, 1.82) is 0 Å². The molecule has 1 aromatic carbocycles. The van der Waals surface area contributed by atoms with Crippen molar-refractivity contribution in [1.82, 2.24) is 15.1 Å². The number of morpholine rings is 1. The molecule has 0 aliphatic carbocycles. The minimum atomic E-state index is -0.448. The van der Waals surface area contributed by atoms with Gasteiger partial charge in [-0.1, -0.05) is 23.2 Å². The molecule has 0 radical (unpaired) electrons. The van der Waals surface area contributed by atoms with Gasteiger partial charge in [0.15, 0.2) is 0 Å². The summed E-state index contributed by atoms with van der Waals surface area (Å²) in [5, 5.41) is 3.77. The van der Waals surface area contributed by atoms with E-state index in [2.05, 4.69) is 10.2 Å². The number of ether oxygens (including phenoxy) is 1. The first-order chi connectivity index (χ1) is 13.1. The molecule has 0 aromatic heterocycles. The highest BCUT2D eigenvalue weighted by Crippen LogP contribution is 2.26. The molecule has 2 heterocycles. The predicted octanol–water partition coefficient (Wildman–Crippen LogP) is 2.44. The van der Waals surface area contributed by atoms with Crippen molar-refractivity contribution in [3.8, 4) is 0 Å². The summed E-state index contributed by atoms with van der Waals surface area (Å²) in [6.45, 7) is 5.53. The number of hydrogen-bond acceptors (Lipinski definition) is 4. The van der Waals surface area contributed by atoms with Crippen LogP contribution in [0.25, 0.3) is 0 Å². The first-order valence-corrected chi connectivity index (χ1v) is 10.2. The number of benzene rings is 1. The van der Waals surface area contributed by atoms with Gasteiger partial charge in [-0.15, -0.1) is 0 Å². The quantitative estimate of drug-likeness (QED) is 0.727. The predicted molar refractivity (Wildman–Crippen MR) is 105 cm³/mol. The Kier molecular flexibility index (Phi) is 7.35. The molecule has 6 nitrogen and oxygen atoms in total. The Balaban J connectivity index is 1.51. The Morgan fingerprint density at radius 2 is 1.96 bits per heavy atom. The van der Waals surface area contributed by atoms with Gasteiger partial charge in [-0.05, 0) is 44.0 Å². The molecule has 2 aliphatic rings. The monoisotopic (exact) mass is 413 g/mol. The molecule has 0 spiro atoms. The lowest BCUT2D eigenvalue weighted by atomic mass is 10.1. The summed E-state index contributed by atoms with van der Waals surface area (Å²) in [4.78, 5) is 29.4. The van der Waals surface area contributed by atoms with E-state index in [1.54, 1.807) is 23.1 Å². The number of rotatable bonds is 6. The fourth-order valence-electron chi connectivity index (χ4n) is 3.56. The van der Waals surface area contributed by atoms with Crippen LogP contribution < -0.4 is 5.32 Å². The fourth-order valence-corrected chi connectivity index (χ4v) is 3.93. The minimum absolute atomic E-state index is 0.0963. The maximum absolute atomic E-state index is 12.9. The van der Waals surface area contributed by atoms with Gasteiger partial charge in [-0.2, -0.15) is 0 Å². The Bertz CT molecular complexity index is 680. The third kappa shape index (κ3) is 5.35. The highest BCUT2D eigenvalue weighted by atomic mass is 35.5. The lowest BCUT2D eigenvalue weighted by Gasteiger charge is -2.27. The maximum Gasteiger partial charge on any atom is 0.256 e. The second-order valence-electron chi connectivity index (χ2n) is 6.88. The second-order valence-corrected chi connectivity index (χ2v) is 7.72. The summed E-state index contributed by atoms with van der Waals surface area (Å²) in [6, 6.07) is 4.36. The molecular formula is C19H25Cl2N3O3. The van der Waals surface area contributed by atoms with Crippen LogP contribution in [-0.2, 0) is 9.53 Å². The second kappa shape index (κ2) is 9.73. The topological polar surface area (TPSA) is 61.9 Å². The van der Waals surface area contributed by atoms with Crippen LogP contribution in [0.3, 0.4) is 0 Å². The van der Waals surface area contributed by atoms with E-state index in [1.807, 2.05) is 0 Å². The standard InChI is InChI=1S/C19H25Cl2N3O3/c20-14-4-5-16(21)15(13-14)19(26)24-8-1-3-17(24)18(25)22-6-2-7-23-9-11-27-12-10-23/h4-5,13,17H,1-3,6-12H2,(H,22,25)/t17-/m1/s1. The lowest BCUT2D eigenvalue weighted by molar-refractivity contribution is -0.124. The van der Waals surface area contributed by atoms with Gasteiger partial charge in [0.05, 0.1) is 23.8 Å². The minimum Gasteiger partial charge on any atom is -0.379 e. The van der Waals surface area contributed by atoms with E-state index < -0.39 is 6.04 Å². The number of carbonyl (C=O) groups excluding carboxylic acids is 2. The van der Waals surface area contributed by atoms with Crippen LogP contribution >= 0.6 is 23.2 Å². The number of hydrogen-bond donors (Lipinski definition) is 1. The molecular weight excluding hydrogens is 389 g/mol. The Morgan fingerprint density at radius 1 is 1.19 bits per heavy atom. The summed E-state index contributed by atoms with van der Waals surface area (Å²) in [5.74, 6) is -0.338. The van der Waals surface area contributed by atoms with E-state index in [1.165, 1.54) is 0 Å². The van der Waals surface area contributed by atoms with Gasteiger partial charge < -0.3 is 15.0 Å². The van der Waals surface area contributed by atoms with Gasteiger partial charge in [0.1, 0.15) is 6.04 Å². The smallest absolute Gasteiger partial charge is 0.256 e. The van der Waals surface area contributed by atoms with Crippen molar-refractivity contribution in [3.05, 3.63) is 33.8 Å². The van der Waals surface area contributed by atoms with Crippen LogP contribution in [-0.4, -0.2) is 73.6 Å². The van der Waals surface area contributed by atoms with Crippen molar-refractivity contribution in [2.45, 2.75) is 25.3 Å². The van der Waals surface area contributed by atoms with E-state index in [0.29, 0.717) is 35.1 Å². The average Bonchev–Trinajstić information content (AvgIpc) is 3.17. The van der Waals surface area contributed by atoms with E-state index >= 15 is 0 Å². The summed E-state index contributed by atoms with van der Waals surface area (Å²) >= 11 is 12.1. The molecule has 27 heavy (non-hydrogen) atoms. The molecule has 1 N–H and O–H groups in total. The fraction of sp³-hybridized carbons (Fsp3) is 0.579. The van der Waals surface area contributed by atoms with E-state index in [0.717, 1.165) is 45.7 Å². The zero-order valence-corrected chi connectivity index (χ0v) is 16.8. The number of nitrogens with one attached hydrogen (secondary N) is 1. The van der Waals surface area contributed by atoms with Crippen molar-refractivity contribution in [2.75, 3.05) is 45.9 Å². The van der Waals surface area contributed by atoms with Gasteiger partial charge in [-0.25, -0.2) is 0 Å². The first-order valence-electron chi connectivity index (χ1n) is 9.40. The van der Waals surface area contributed by atoms with Gasteiger partial charge in [0, 0.05) is 31.2 Å². The highest BCUT2D eigenvalue weighted by Gasteiger charge is 2.35. The van der Waals surface area contributed by atoms with Gasteiger partial charge >= 0.3 is 0 Å². The number of carbonyl (C=O) groups is 2. The van der Waals surface area contributed by atoms with Crippen LogP contribution in [0, 0.1) is 0 Å². The van der Waals surface area contributed by atoms with E-state index in [9.17, 15) is 9.59 Å². The lowest BCUT2D eigenvalue weighted by Crippen LogP contribution is -2.46. The van der Waals surface area contributed by atoms with Crippen molar-refractivity contribution in [2.24, 2.45) is 0 Å². The Labute approximate surface area is 169 Å². The Morgan fingerprint density at radius 3 is 2.74 bits per heavy atom. The number of likely N-dealkylation sites (tertiary alicyclic amines) is 1. The molecule has 3 rings (SSSR count). The number of nitrogens with zero attached hydrogens (tertiary/aromatic N) is 2.